The van der Waals surface area contributed by atoms with Crippen molar-refractivity contribution in [1.82, 2.24) is 5.48 Å². The molecule has 0 heterocycles. The highest BCUT2D eigenvalue weighted by Gasteiger charge is 1.90. The van der Waals surface area contributed by atoms with Crippen molar-refractivity contribution in [1.29, 1.82) is 0 Å². The summed E-state index contributed by atoms with van der Waals surface area (Å²) in [6.07, 6.45) is 1.57. The van der Waals surface area contributed by atoms with Gasteiger partial charge in [-0.2, -0.15) is 5.10 Å². The Bertz CT molecular complexity index is 360. The van der Waals surface area contributed by atoms with Crippen LogP contribution in [0.4, 0.5) is 0 Å². The molecule has 74 valence electrons. The zero-order chi connectivity index (χ0) is 10.4. The van der Waals surface area contributed by atoms with Crippen molar-refractivity contribution in [2.75, 3.05) is 0 Å². The molecule has 0 aliphatic heterocycles. The molecule has 0 atom stereocenters. The van der Waals surface area contributed by atoms with E-state index in [0.717, 1.165) is 11.1 Å². The number of benzene rings is 1. The fourth-order valence-corrected chi connectivity index (χ4v) is 0.907. The van der Waals surface area contributed by atoms with Gasteiger partial charge < -0.3 is 5.73 Å². The largest absolute Gasteiger partial charge is 0.367 e. The average Bonchev–Trinajstić information content (AvgIpc) is 2.20. The Labute approximate surface area is 81.9 Å². The summed E-state index contributed by atoms with van der Waals surface area (Å²) in [5.74, 6) is -0.144. The van der Waals surface area contributed by atoms with Crippen molar-refractivity contribution < 1.29 is 5.21 Å². The molecule has 14 heavy (non-hydrogen) atoms. The first-order valence-electron chi connectivity index (χ1n) is 4.06. The number of hydrogen-bond acceptors (Lipinski definition) is 3. The normalized spacial score (nSPS) is 12.0. The summed E-state index contributed by atoms with van der Waals surface area (Å²) >= 11 is 0. The molecule has 0 aliphatic rings. The summed E-state index contributed by atoms with van der Waals surface area (Å²) in [6.45, 7) is 1.97. The Morgan fingerprint density at radius 3 is 2.86 bits per heavy atom. The van der Waals surface area contributed by atoms with Crippen LogP contribution in [0.2, 0.25) is 0 Å². The van der Waals surface area contributed by atoms with Crippen molar-refractivity contribution in [3.63, 3.8) is 0 Å². The standard InChI is InChI=1S/C9H12N4O/c1-7-4-2-3-5-8(7)6-11-12-9(10)13-14/h2-6,14H,1H3,(H3,10,12,13)/b11-6+. The van der Waals surface area contributed by atoms with Gasteiger partial charge in [-0.15, -0.1) is 5.10 Å². The molecule has 0 radical (unpaired) electrons. The van der Waals surface area contributed by atoms with Crippen LogP contribution >= 0.6 is 0 Å². The van der Waals surface area contributed by atoms with Crippen LogP contribution in [0.3, 0.4) is 0 Å². The van der Waals surface area contributed by atoms with Gasteiger partial charge in [-0.1, -0.05) is 24.3 Å². The Kier molecular flexibility index (Phi) is 3.63. The SMILES string of the molecule is Cc1ccccc1/C=N/N=C(\N)NO. The summed E-state index contributed by atoms with van der Waals surface area (Å²) < 4.78 is 0. The second-order valence-electron chi connectivity index (χ2n) is 2.70. The first kappa shape index (κ1) is 10.2. The highest BCUT2D eigenvalue weighted by molar-refractivity contribution is 5.83. The monoisotopic (exact) mass is 192 g/mol. The number of nitrogens with two attached hydrogens (primary N) is 1. The Hall–Kier alpha value is -1.88. The van der Waals surface area contributed by atoms with Crippen molar-refractivity contribution in [3.05, 3.63) is 35.4 Å². The highest BCUT2D eigenvalue weighted by atomic mass is 16.5. The van der Waals surface area contributed by atoms with E-state index in [1.54, 1.807) is 11.7 Å². The van der Waals surface area contributed by atoms with Crippen LogP contribution < -0.4 is 11.2 Å². The molecule has 5 nitrogen and oxygen atoms in total. The van der Waals surface area contributed by atoms with E-state index >= 15 is 0 Å². The third kappa shape index (κ3) is 2.87. The Morgan fingerprint density at radius 1 is 1.50 bits per heavy atom. The fourth-order valence-electron chi connectivity index (χ4n) is 0.907. The van der Waals surface area contributed by atoms with Crippen LogP contribution in [0, 0.1) is 6.92 Å². The van der Waals surface area contributed by atoms with Gasteiger partial charge in [0.05, 0.1) is 6.21 Å². The average molecular weight is 192 g/mol. The first-order chi connectivity index (χ1) is 6.74. The molecule has 1 aromatic carbocycles. The van der Waals surface area contributed by atoms with E-state index in [0.29, 0.717) is 0 Å². The maximum absolute atomic E-state index is 8.31. The lowest BCUT2D eigenvalue weighted by Gasteiger charge is -1.96. The fraction of sp³-hybridized carbons (Fsp3) is 0.111. The second kappa shape index (κ2) is 4.98. The summed E-state index contributed by atoms with van der Waals surface area (Å²) in [4.78, 5) is 0. The van der Waals surface area contributed by atoms with Crippen molar-refractivity contribution >= 4 is 12.2 Å². The molecule has 1 rings (SSSR count). The predicted octanol–water partition coefficient (Wildman–Crippen LogP) is 0.622. The molecule has 5 heteroatoms. The summed E-state index contributed by atoms with van der Waals surface area (Å²) in [5, 5.41) is 15.5. The molecule has 0 unspecified atom stereocenters. The molecule has 4 N–H and O–H groups in total. The lowest BCUT2D eigenvalue weighted by atomic mass is 10.1. The van der Waals surface area contributed by atoms with Crippen LogP contribution in [0.25, 0.3) is 0 Å². The molecule has 0 amide bonds. The maximum atomic E-state index is 8.31. The number of rotatable bonds is 2. The lowest BCUT2D eigenvalue weighted by molar-refractivity contribution is 0.232. The summed E-state index contributed by atoms with van der Waals surface area (Å²) in [6, 6.07) is 7.74. The second-order valence-corrected chi connectivity index (χ2v) is 2.70. The van der Waals surface area contributed by atoms with E-state index in [-0.39, 0.29) is 5.96 Å². The van der Waals surface area contributed by atoms with E-state index in [2.05, 4.69) is 10.2 Å². The zero-order valence-electron chi connectivity index (χ0n) is 7.81. The number of aryl methyl sites for hydroxylation is 1. The van der Waals surface area contributed by atoms with Gasteiger partial charge in [0.1, 0.15) is 0 Å². The zero-order valence-corrected chi connectivity index (χ0v) is 7.81. The molecule has 0 bridgehead atoms. The van der Waals surface area contributed by atoms with Gasteiger partial charge in [0.2, 0.25) is 5.96 Å². The van der Waals surface area contributed by atoms with Crippen LogP contribution in [0.15, 0.2) is 34.5 Å². The maximum Gasteiger partial charge on any atom is 0.237 e. The summed E-state index contributed by atoms with van der Waals surface area (Å²) in [7, 11) is 0. The van der Waals surface area contributed by atoms with E-state index < -0.39 is 0 Å². The molecule has 0 saturated heterocycles. The number of guanidine groups is 1. The third-order valence-corrected chi connectivity index (χ3v) is 1.67. The highest BCUT2D eigenvalue weighted by Crippen LogP contribution is 2.03. The summed E-state index contributed by atoms with van der Waals surface area (Å²) in [5.41, 5.74) is 8.89. The molecular formula is C9H12N4O. The molecule has 0 aromatic heterocycles. The van der Waals surface area contributed by atoms with E-state index in [1.807, 2.05) is 31.2 Å². The number of hydroxylamine groups is 1. The quantitative estimate of drug-likeness (QED) is 0.365. The molecular weight excluding hydrogens is 180 g/mol. The Balaban J connectivity index is 2.74. The van der Waals surface area contributed by atoms with Gasteiger partial charge in [-0.05, 0) is 18.1 Å². The van der Waals surface area contributed by atoms with E-state index in [9.17, 15) is 0 Å². The molecule has 0 spiro atoms. The van der Waals surface area contributed by atoms with Gasteiger partial charge in [0, 0.05) is 0 Å². The van der Waals surface area contributed by atoms with E-state index in [1.165, 1.54) is 0 Å². The van der Waals surface area contributed by atoms with Crippen molar-refractivity contribution in [3.8, 4) is 0 Å². The molecule has 0 aliphatic carbocycles. The topological polar surface area (TPSA) is 83.0 Å². The van der Waals surface area contributed by atoms with Gasteiger partial charge >= 0.3 is 0 Å². The van der Waals surface area contributed by atoms with Crippen molar-refractivity contribution in [2.45, 2.75) is 6.92 Å². The van der Waals surface area contributed by atoms with Crippen LogP contribution in [-0.2, 0) is 0 Å². The van der Waals surface area contributed by atoms with Gasteiger partial charge in [-0.25, -0.2) is 5.48 Å². The lowest BCUT2D eigenvalue weighted by Crippen LogP contribution is -2.27. The third-order valence-electron chi connectivity index (χ3n) is 1.67. The number of hydrogen-bond donors (Lipinski definition) is 3. The van der Waals surface area contributed by atoms with Gasteiger partial charge in [-0.3, -0.25) is 5.21 Å². The first-order valence-corrected chi connectivity index (χ1v) is 4.06. The number of nitrogens with zero attached hydrogens (tertiary/aromatic N) is 2. The number of nitrogens with one attached hydrogen (secondary N) is 1. The van der Waals surface area contributed by atoms with Gasteiger partial charge in [0.15, 0.2) is 0 Å². The van der Waals surface area contributed by atoms with Crippen LogP contribution in [-0.4, -0.2) is 17.4 Å². The molecule has 0 fully saturated rings. The van der Waals surface area contributed by atoms with Crippen LogP contribution in [0.1, 0.15) is 11.1 Å². The minimum absolute atomic E-state index is 0.144. The van der Waals surface area contributed by atoms with E-state index in [4.69, 9.17) is 10.9 Å². The predicted molar refractivity (Wildman–Crippen MR) is 55.3 cm³/mol. The van der Waals surface area contributed by atoms with Crippen LogP contribution in [0.5, 0.6) is 0 Å². The molecule has 0 saturated carbocycles. The van der Waals surface area contributed by atoms with Crippen molar-refractivity contribution in [2.24, 2.45) is 15.9 Å². The Morgan fingerprint density at radius 2 is 2.21 bits per heavy atom. The molecule has 1 aromatic rings. The smallest absolute Gasteiger partial charge is 0.237 e. The van der Waals surface area contributed by atoms with Gasteiger partial charge in [0.25, 0.3) is 0 Å². The minimum Gasteiger partial charge on any atom is -0.367 e. The minimum atomic E-state index is -0.144.